The number of nitrogens with one attached hydrogen (secondary N) is 2. The molecule has 1 aliphatic heterocycles. The largest absolute Gasteiger partial charge is 0.508 e. The average Bonchev–Trinajstić information content (AvgIpc) is 3.25. The van der Waals surface area contributed by atoms with E-state index in [0.717, 1.165) is 38.3 Å². The Morgan fingerprint density at radius 3 is 2.46 bits per heavy atom. The third-order valence-electron chi connectivity index (χ3n) is 6.11. The number of piperazine rings is 1. The minimum Gasteiger partial charge on any atom is -0.508 e. The van der Waals surface area contributed by atoms with Crippen LogP contribution >= 0.6 is 12.4 Å². The highest BCUT2D eigenvalue weighted by Gasteiger charge is 2.27. The molecule has 0 spiro atoms. The standard InChI is InChI=1S/C26H32N4O4.ClH/c1-4-28-26(33)24-23(18-7-5-17(6-8-18)15-30-11-9-27-10-12-30)25(34-29-24)20-13-19(16(2)3)21(31)14-22(20)32;/h5-8,13-14,16,27,31-32H,4,9-12,15H2,1-3H3,(H,28,33);1H. The van der Waals surface area contributed by atoms with Gasteiger partial charge >= 0.3 is 0 Å². The Hall–Kier alpha value is -3.07. The number of aromatic nitrogens is 1. The van der Waals surface area contributed by atoms with Crippen molar-refractivity contribution in [2.45, 2.75) is 33.2 Å². The normalized spacial score (nSPS) is 14.1. The molecular formula is C26H33ClN4O4. The maximum Gasteiger partial charge on any atom is 0.274 e. The highest BCUT2D eigenvalue weighted by Crippen LogP contribution is 2.43. The summed E-state index contributed by atoms with van der Waals surface area (Å²) in [6, 6.07) is 11.0. The zero-order valence-corrected chi connectivity index (χ0v) is 21.1. The number of phenols is 2. The number of nitrogens with zero attached hydrogens (tertiary/aromatic N) is 2. The molecule has 1 fully saturated rings. The first-order chi connectivity index (χ1) is 16.4. The summed E-state index contributed by atoms with van der Waals surface area (Å²) < 4.78 is 5.64. The molecule has 2 heterocycles. The van der Waals surface area contributed by atoms with Gasteiger partial charge in [-0.25, -0.2) is 0 Å². The van der Waals surface area contributed by atoms with Gasteiger partial charge < -0.3 is 25.4 Å². The third kappa shape index (κ3) is 5.78. The molecule has 1 aromatic heterocycles. The lowest BCUT2D eigenvalue weighted by molar-refractivity contribution is 0.0947. The summed E-state index contributed by atoms with van der Waals surface area (Å²) in [5, 5.41) is 31.1. The van der Waals surface area contributed by atoms with Crippen molar-refractivity contribution >= 4 is 18.3 Å². The molecule has 9 heteroatoms. The Balaban J connectivity index is 0.00000342. The summed E-state index contributed by atoms with van der Waals surface area (Å²) in [4.78, 5) is 15.2. The van der Waals surface area contributed by atoms with Gasteiger partial charge in [-0.1, -0.05) is 43.3 Å². The second-order valence-corrected chi connectivity index (χ2v) is 8.90. The van der Waals surface area contributed by atoms with E-state index in [1.165, 1.54) is 11.6 Å². The number of aromatic hydroxyl groups is 2. The van der Waals surface area contributed by atoms with E-state index in [-0.39, 0.29) is 47.2 Å². The van der Waals surface area contributed by atoms with Crippen molar-refractivity contribution in [3.8, 4) is 33.9 Å². The molecule has 1 amide bonds. The van der Waals surface area contributed by atoms with Crippen molar-refractivity contribution in [2.75, 3.05) is 32.7 Å². The van der Waals surface area contributed by atoms with Crippen molar-refractivity contribution < 1.29 is 19.5 Å². The molecule has 0 aliphatic carbocycles. The zero-order chi connectivity index (χ0) is 24.2. The summed E-state index contributed by atoms with van der Waals surface area (Å²) in [7, 11) is 0. The molecular weight excluding hydrogens is 468 g/mol. The van der Waals surface area contributed by atoms with Gasteiger partial charge in [0, 0.05) is 45.3 Å². The fraction of sp³-hybridized carbons (Fsp3) is 0.385. The van der Waals surface area contributed by atoms with Gasteiger partial charge in [-0.05, 0) is 35.6 Å². The van der Waals surface area contributed by atoms with Gasteiger partial charge in [-0.15, -0.1) is 12.4 Å². The number of hydrogen-bond donors (Lipinski definition) is 4. The molecule has 0 bridgehead atoms. The van der Waals surface area contributed by atoms with Crippen LogP contribution in [0.25, 0.3) is 22.5 Å². The number of hydrogen-bond acceptors (Lipinski definition) is 7. The van der Waals surface area contributed by atoms with Crippen LogP contribution in [0.1, 0.15) is 48.3 Å². The fourth-order valence-corrected chi connectivity index (χ4v) is 4.28. The Labute approximate surface area is 211 Å². The summed E-state index contributed by atoms with van der Waals surface area (Å²) in [6.45, 7) is 11.1. The first-order valence-electron chi connectivity index (χ1n) is 11.8. The highest BCUT2D eigenvalue weighted by molar-refractivity contribution is 6.02. The van der Waals surface area contributed by atoms with Crippen LogP contribution in [0.5, 0.6) is 11.5 Å². The Kier molecular flexibility index (Phi) is 8.77. The van der Waals surface area contributed by atoms with Gasteiger partial charge in [0.2, 0.25) is 0 Å². The minimum atomic E-state index is -0.347. The van der Waals surface area contributed by atoms with Gasteiger partial charge in [0.1, 0.15) is 11.5 Å². The molecule has 1 aliphatic rings. The number of carbonyl (C=O) groups is 1. The van der Waals surface area contributed by atoms with Crippen LogP contribution in [0.4, 0.5) is 0 Å². The van der Waals surface area contributed by atoms with Gasteiger partial charge in [0.05, 0.1) is 11.1 Å². The molecule has 4 N–H and O–H groups in total. The van der Waals surface area contributed by atoms with Crippen LogP contribution in [0.2, 0.25) is 0 Å². The van der Waals surface area contributed by atoms with Crippen molar-refractivity contribution in [1.29, 1.82) is 0 Å². The summed E-state index contributed by atoms with van der Waals surface area (Å²) >= 11 is 0. The molecule has 0 radical (unpaired) electrons. The Bertz CT molecular complexity index is 1150. The van der Waals surface area contributed by atoms with E-state index >= 15 is 0 Å². The molecule has 2 aromatic carbocycles. The molecule has 1 saturated heterocycles. The third-order valence-corrected chi connectivity index (χ3v) is 6.11. The van der Waals surface area contributed by atoms with E-state index in [1.54, 1.807) is 6.07 Å². The lowest BCUT2D eigenvalue weighted by Crippen LogP contribution is -2.42. The molecule has 4 rings (SSSR count). The number of carbonyl (C=O) groups excluding carboxylic acids is 1. The van der Waals surface area contributed by atoms with Crippen LogP contribution in [0.3, 0.4) is 0 Å². The van der Waals surface area contributed by atoms with Gasteiger partial charge in [0.25, 0.3) is 5.91 Å². The lowest BCUT2D eigenvalue weighted by Gasteiger charge is -2.27. The SMILES string of the molecule is CCNC(=O)c1noc(-c2cc(C(C)C)c(O)cc2O)c1-c1ccc(CN2CCNCC2)cc1.Cl. The quantitative estimate of drug-likeness (QED) is 0.386. The van der Waals surface area contributed by atoms with E-state index < -0.39 is 0 Å². The first kappa shape index (κ1) is 26.5. The maximum absolute atomic E-state index is 12.8. The molecule has 8 nitrogen and oxygen atoms in total. The molecule has 0 unspecified atom stereocenters. The molecule has 3 aromatic rings. The topological polar surface area (TPSA) is 111 Å². The van der Waals surface area contributed by atoms with Crippen molar-refractivity contribution in [3.63, 3.8) is 0 Å². The van der Waals surface area contributed by atoms with Crippen LogP contribution < -0.4 is 10.6 Å². The maximum atomic E-state index is 12.8. The Morgan fingerprint density at radius 2 is 1.83 bits per heavy atom. The van der Waals surface area contributed by atoms with E-state index in [0.29, 0.717) is 23.2 Å². The van der Waals surface area contributed by atoms with E-state index in [4.69, 9.17) is 4.52 Å². The van der Waals surface area contributed by atoms with Crippen molar-refractivity contribution in [3.05, 3.63) is 53.2 Å². The number of rotatable bonds is 7. The van der Waals surface area contributed by atoms with Crippen LogP contribution in [-0.4, -0.2) is 58.9 Å². The summed E-state index contributed by atoms with van der Waals surface area (Å²) in [5.41, 5.74) is 3.66. The van der Waals surface area contributed by atoms with E-state index in [1.807, 2.05) is 45.0 Å². The monoisotopic (exact) mass is 500 g/mol. The zero-order valence-electron chi connectivity index (χ0n) is 20.3. The van der Waals surface area contributed by atoms with E-state index in [2.05, 4.69) is 20.7 Å². The molecule has 0 saturated carbocycles. The molecule has 188 valence electrons. The number of benzene rings is 2. The van der Waals surface area contributed by atoms with Crippen LogP contribution in [0, 0.1) is 0 Å². The van der Waals surface area contributed by atoms with Gasteiger partial charge in [-0.2, -0.15) is 0 Å². The van der Waals surface area contributed by atoms with E-state index in [9.17, 15) is 15.0 Å². The molecule has 35 heavy (non-hydrogen) atoms. The van der Waals surface area contributed by atoms with Crippen LogP contribution in [-0.2, 0) is 6.54 Å². The predicted octanol–water partition coefficient (Wildman–Crippen LogP) is 4.12. The fourth-order valence-electron chi connectivity index (χ4n) is 4.28. The van der Waals surface area contributed by atoms with Gasteiger partial charge in [0.15, 0.2) is 11.5 Å². The van der Waals surface area contributed by atoms with Crippen molar-refractivity contribution in [1.82, 2.24) is 20.7 Å². The van der Waals surface area contributed by atoms with Crippen LogP contribution in [0.15, 0.2) is 40.9 Å². The van der Waals surface area contributed by atoms with Crippen molar-refractivity contribution in [2.24, 2.45) is 0 Å². The summed E-state index contributed by atoms with van der Waals surface area (Å²) in [6.07, 6.45) is 0. The summed E-state index contributed by atoms with van der Waals surface area (Å²) in [5.74, 6) is -0.163. The highest BCUT2D eigenvalue weighted by atomic mass is 35.5. The smallest absolute Gasteiger partial charge is 0.274 e. The average molecular weight is 501 g/mol. The second-order valence-electron chi connectivity index (χ2n) is 8.90. The lowest BCUT2D eigenvalue weighted by atomic mass is 9.94. The van der Waals surface area contributed by atoms with Gasteiger partial charge in [-0.3, -0.25) is 9.69 Å². The second kappa shape index (κ2) is 11.6. The number of halogens is 1. The number of phenolic OH excluding ortho intramolecular Hbond substituents is 2. The minimum absolute atomic E-state index is 0. The molecule has 0 atom stereocenters. The Morgan fingerprint density at radius 1 is 1.14 bits per heavy atom. The predicted molar refractivity (Wildman–Crippen MR) is 138 cm³/mol. The first-order valence-corrected chi connectivity index (χ1v) is 11.8. The number of amides is 1.